The lowest BCUT2D eigenvalue weighted by Gasteiger charge is -2.12. The summed E-state index contributed by atoms with van der Waals surface area (Å²) in [6.07, 6.45) is 0. The number of aromatic nitrogens is 1. The summed E-state index contributed by atoms with van der Waals surface area (Å²) in [7, 11) is 2.92. The molecular weight excluding hydrogens is 426 g/mol. The third-order valence-corrected chi connectivity index (χ3v) is 5.61. The normalized spacial score (nSPS) is 11.9. The number of methoxy groups -OCH3 is 2. The van der Waals surface area contributed by atoms with Gasteiger partial charge in [0.05, 0.1) is 14.2 Å². The van der Waals surface area contributed by atoms with E-state index < -0.39 is 5.97 Å². The molecule has 1 aliphatic rings. The van der Waals surface area contributed by atoms with Gasteiger partial charge >= 0.3 is 5.97 Å². The summed E-state index contributed by atoms with van der Waals surface area (Å²) in [5.74, 6) is 1.17. The summed E-state index contributed by atoms with van der Waals surface area (Å²) in [5.41, 5.74) is 3.45. The number of hydrogen-bond donors (Lipinski definition) is 0. The summed E-state index contributed by atoms with van der Waals surface area (Å²) in [4.78, 5) is 25.4. The molecule has 0 amide bonds. The maximum absolute atomic E-state index is 12.9. The molecular formula is C25H25NO7. The van der Waals surface area contributed by atoms with Crippen LogP contribution in [0.4, 0.5) is 0 Å². The van der Waals surface area contributed by atoms with E-state index in [1.54, 1.807) is 18.2 Å². The van der Waals surface area contributed by atoms with E-state index in [2.05, 4.69) is 0 Å². The van der Waals surface area contributed by atoms with Gasteiger partial charge in [-0.1, -0.05) is 12.1 Å². The molecule has 172 valence electrons. The fourth-order valence-electron chi connectivity index (χ4n) is 3.88. The summed E-state index contributed by atoms with van der Waals surface area (Å²) >= 11 is 0. The Balaban J connectivity index is 1.47. The molecule has 1 aromatic heterocycles. The van der Waals surface area contributed by atoms with Gasteiger partial charge < -0.3 is 28.3 Å². The predicted molar refractivity (Wildman–Crippen MR) is 120 cm³/mol. The molecule has 0 spiro atoms. The largest absolute Gasteiger partial charge is 0.493 e. The van der Waals surface area contributed by atoms with Crippen LogP contribution in [0.25, 0.3) is 0 Å². The number of esters is 1. The second-order valence-electron chi connectivity index (χ2n) is 7.60. The summed E-state index contributed by atoms with van der Waals surface area (Å²) in [6, 6.07) is 12.5. The first-order valence-electron chi connectivity index (χ1n) is 10.4. The minimum Gasteiger partial charge on any atom is -0.493 e. The van der Waals surface area contributed by atoms with Crippen LogP contribution in [0, 0.1) is 13.8 Å². The fourth-order valence-corrected chi connectivity index (χ4v) is 3.88. The van der Waals surface area contributed by atoms with Gasteiger partial charge in [-0.05, 0) is 49.7 Å². The van der Waals surface area contributed by atoms with Gasteiger partial charge in [0.25, 0.3) is 0 Å². The molecule has 0 bridgehead atoms. The Morgan fingerprint density at radius 1 is 0.970 bits per heavy atom. The van der Waals surface area contributed by atoms with Gasteiger partial charge in [0.2, 0.25) is 12.6 Å². The molecule has 0 atom stereocenters. The Labute approximate surface area is 191 Å². The Morgan fingerprint density at radius 2 is 1.76 bits per heavy atom. The summed E-state index contributed by atoms with van der Waals surface area (Å²) < 4.78 is 28.6. The molecule has 1 aliphatic heterocycles. The number of benzene rings is 2. The van der Waals surface area contributed by atoms with Crippen LogP contribution in [0.3, 0.4) is 0 Å². The number of hydrogen-bond acceptors (Lipinski definition) is 7. The Kier molecular flexibility index (Phi) is 6.26. The zero-order chi connectivity index (χ0) is 23.5. The number of rotatable bonds is 8. The number of fused-ring (bicyclic) bond motifs is 1. The number of ether oxygens (including phenoxy) is 5. The van der Waals surface area contributed by atoms with Crippen LogP contribution in [0.1, 0.15) is 37.7 Å². The number of aryl methyl sites for hydroxylation is 1. The first-order chi connectivity index (χ1) is 15.9. The van der Waals surface area contributed by atoms with Crippen molar-refractivity contribution in [2.75, 3.05) is 27.6 Å². The molecule has 8 heteroatoms. The van der Waals surface area contributed by atoms with Crippen LogP contribution >= 0.6 is 0 Å². The molecule has 0 fully saturated rings. The van der Waals surface area contributed by atoms with Crippen molar-refractivity contribution in [3.05, 3.63) is 70.5 Å². The van der Waals surface area contributed by atoms with E-state index in [0.29, 0.717) is 23.6 Å². The summed E-state index contributed by atoms with van der Waals surface area (Å²) in [6.45, 7) is 4.22. The molecule has 3 aromatic rings. The SMILES string of the molecule is COc1cccc(C(=O)OCC(=O)c2cc(C)n(Cc3ccc4c(c3)OCO4)c2C)c1OC. The number of Topliss-reactive ketones (excluding diaryl/α,β-unsaturated/α-hetero) is 1. The highest BCUT2D eigenvalue weighted by Gasteiger charge is 2.22. The van der Waals surface area contributed by atoms with E-state index >= 15 is 0 Å². The molecule has 2 heterocycles. The van der Waals surface area contributed by atoms with E-state index in [-0.39, 0.29) is 30.5 Å². The minimum atomic E-state index is -0.659. The number of carbonyl (C=O) groups is 2. The topological polar surface area (TPSA) is 85.2 Å². The highest BCUT2D eigenvalue weighted by atomic mass is 16.7. The zero-order valence-corrected chi connectivity index (χ0v) is 19.0. The average Bonchev–Trinajstić information content (AvgIpc) is 3.41. The lowest BCUT2D eigenvalue weighted by Crippen LogP contribution is -2.16. The van der Waals surface area contributed by atoms with Gasteiger partial charge in [-0.3, -0.25) is 4.79 Å². The maximum Gasteiger partial charge on any atom is 0.342 e. The van der Waals surface area contributed by atoms with Crippen LogP contribution in [-0.2, 0) is 11.3 Å². The molecule has 2 aromatic carbocycles. The molecule has 0 N–H and O–H groups in total. The van der Waals surface area contributed by atoms with E-state index in [4.69, 9.17) is 23.7 Å². The monoisotopic (exact) mass is 451 g/mol. The van der Waals surface area contributed by atoms with Crippen molar-refractivity contribution < 1.29 is 33.3 Å². The first-order valence-corrected chi connectivity index (χ1v) is 10.4. The van der Waals surface area contributed by atoms with E-state index in [0.717, 1.165) is 22.7 Å². The fraction of sp³-hybridized carbons (Fsp3) is 0.280. The van der Waals surface area contributed by atoms with Crippen LogP contribution in [-0.4, -0.2) is 43.9 Å². The smallest absolute Gasteiger partial charge is 0.342 e. The van der Waals surface area contributed by atoms with Crippen molar-refractivity contribution in [2.24, 2.45) is 0 Å². The van der Waals surface area contributed by atoms with Crippen molar-refractivity contribution in [1.29, 1.82) is 0 Å². The highest BCUT2D eigenvalue weighted by molar-refractivity contribution is 6.01. The Morgan fingerprint density at radius 3 is 2.52 bits per heavy atom. The number of carbonyl (C=O) groups excluding carboxylic acids is 2. The van der Waals surface area contributed by atoms with Gasteiger partial charge in [-0.25, -0.2) is 4.79 Å². The lowest BCUT2D eigenvalue weighted by molar-refractivity contribution is 0.0471. The standard InChI is InChI=1S/C25H25NO7/c1-15-10-19(16(2)26(15)12-17-8-9-21-23(11-17)33-14-32-21)20(27)13-31-25(28)18-6-5-7-22(29-3)24(18)30-4/h5-11H,12-14H2,1-4H3. The molecule has 0 aliphatic carbocycles. The molecule has 33 heavy (non-hydrogen) atoms. The number of ketones is 1. The van der Waals surface area contributed by atoms with Crippen LogP contribution in [0.2, 0.25) is 0 Å². The van der Waals surface area contributed by atoms with Crippen molar-refractivity contribution in [2.45, 2.75) is 20.4 Å². The Bertz CT molecular complexity index is 1210. The van der Waals surface area contributed by atoms with Crippen LogP contribution < -0.4 is 18.9 Å². The Hall–Kier alpha value is -3.94. The van der Waals surface area contributed by atoms with Gasteiger partial charge in [-0.15, -0.1) is 0 Å². The van der Waals surface area contributed by atoms with Crippen molar-refractivity contribution in [1.82, 2.24) is 4.57 Å². The van der Waals surface area contributed by atoms with Gasteiger partial charge in [0.1, 0.15) is 5.56 Å². The zero-order valence-electron chi connectivity index (χ0n) is 19.0. The third kappa shape index (κ3) is 4.37. The van der Waals surface area contributed by atoms with E-state index in [1.807, 2.05) is 42.7 Å². The minimum absolute atomic E-state index is 0.193. The summed E-state index contributed by atoms with van der Waals surface area (Å²) in [5, 5.41) is 0. The lowest BCUT2D eigenvalue weighted by atomic mass is 10.1. The van der Waals surface area contributed by atoms with Crippen molar-refractivity contribution >= 4 is 11.8 Å². The number of para-hydroxylation sites is 1. The molecule has 0 unspecified atom stereocenters. The van der Waals surface area contributed by atoms with Gasteiger partial charge in [0, 0.05) is 23.5 Å². The molecule has 4 rings (SSSR count). The second-order valence-corrected chi connectivity index (χ2v) is 7.60. The highest BCUT2D eigenvalue weighted by Crippen LogP contribution is 2.33. The quantitative estimate of drug-likeness (QED) is 0.379. The number of nitrogens with zero attached hydrogens (tertiary/aromatic N) is 1. The van der Waals surface area contributed by atoms with Crippen LogP contribution in [0.15, 0.2) is 42.5 Å². The van der Waals surface area contributed by atoms with E-state index in [1.165, 1.54) is 14.2 Å². The first kappa shape index (κ1) is 22.3. The molecule has 8 nitrogen and oxygen atoms in total. The van der Waals surface area contributed by atoms with Gasteiger partial charge in [-0.2, -0.15) is 0 Å². The second kappa shape index (κ2) is 9.28. The average molecular weight is 451 g/mol. The van der Waals surface area contributed by atoms with Crippen LogP contribution in [0.5, 0.6) is 23.0 Å². The van der Waals surface area contributed by atoms with E-state index in [9.17, 15) is 9.59 Å². The maximum atomic E-state index is 12.9. The molecule has 0 saturated heterocycles. The van der Waals surface area contributed by atoms with Gasteiger partial charge in [0.15, 0.2) is 29.6 Å². The van der Waals surface area contributed by atoms with Crippen molar-refractivity contribution in [3.63, 3.8) is 0 Å². The predicted octanol–water partition coefficient (Wildman–Crippen LogP) is 3.94. The molecule has 0 radical (unpaired) electrons. The molecule has 0 saturated carbocycles. The third-order valence-electron chi connectivity index (χ3n) is 5.61. The van der Waals surface area contributed by atoms with Crippen molar-refractivity contribution in [3.8, 4) is 23.0 Å².